The molecule has 2 aromatic rings. The van der Waals surface area contributed by atoms with Crippen molar-refractivity contribution >= 4 is 52.0 Å². The molecular formula is C18H18N4O3S2. The van der Waals surface area contributed by atoms with Crippen molar-refractivity contribution in [2.45, 2.75) is 26.2 Å². The second kappa shape index (κ2) is 8.92. The molecule has 0 spiro atoms. The van der Waals surface area contributed by atoms with Gasteiger partial charge in [0.15, 0.2) is 0 Å². The van der Waals surface area contributed by atoms with Gasteiger partial charge < -0.3 is 5.32 Å². The summed E-state index contributed by atoms with van der Waals surface area (Å²) >= 11 is 6.59. The van der Waals surface area contributed by atoms with Crippen molar-refractivity contribution in [1.82, 2.24) is 15.2 Å². The van der Waals surface area contributed by atoms with E-state index in [4.69, 9.17) is 12.2 Å². The van der Waals surface area contributed by atoms with Crippen LogP contribution in [-0.4, -0.2) is 37.9 Å². The van der Waals surface area contributed by atoms with Gasteiger partial charge in [-0.1, -0.05) is 66.4 Å². The number of anilines is 1. The Balaban J connectivity index is 1.52. The molecule has 1 N–H and O–H groups in total. The van der Waals surface area contributed by atoms with Crippen LogP contribution in [0.5, 0.6) is 0 Å². The molecule has 0 atom stereocenters. The molecule has 7 nitrogen and oxygen atoms in total. The van der Waals surface area contributed by atoms with Crippen molar-refractivity contribution in [2.75, 3.05) is 11.9 Å². The second-order valence-corrected chi connectivity index (χ2v) is 7.48. The van der Waals surface area contributed by atoms with Crippen molar-refractivity contribution < 1.29 is 14.2 Å². The van der Waals surface area contributed by atoms with Crippen LogP contribution in [0.15, 0.2) is 39.9 Å². The van der Waals surface area contributed by atoms with Crippen LogP contribution in [0, 0.1) is 0 Å². The average Bonchev–Trinajstić information content (AvgIpc) is 3.21. The van der Waals surface area contributed by atoms with Gasteiger partial charge in [0.1, 0.15) is 10.0 Å². The Morgan fingerprint density at radius 1 is 1.33 bits per heavy atom. The first-order valence-electron chi connectivity index (χ1n) is 8.50. The molecule has 1 aliphatic heterocycles. The Bertz CT molecular complexity index is 880. The van der Waals surface area contributed by atoms with Gasteiger partial charge in [-0.15, -0.1) is 0 Å². The summed E-state index contributed by atoms with van der Waals surface area (Å²) in [5.41, 5.74) is 1.55. The van der Waals surface area contributed by atoms with Crippen molar-refractivity contribution in [1.29, 1.82) is 0 Å². The Kier molecular flexibility index (Phi) is 6.36. The Morgan fingerprint density at radius 2 is 2.11 bits per heavy atom. The topological polar surface area (TPSA) is 88.3 Å². The van der Waals surface area contributed by atoms with E-state index in [9.17, 15) is 9.59 Å². The van der Waals surface area contributed by atoms with Gasteiger partial charge in [0, 0.05) is 13.0 Å². The molecule has 0 radical (unpaired) electrons. The summed E-state index contributed by atoms with van der Waals surface area (Å²) < 4.78 is 5.13. The van der Waals surface area contributed by atoms with E-state index in [0.717, 1.165) is 5.56 Å². The van der Waals surface area contributed by atoms with Gasteiger partial charge in [-0.05, 0) is 29.6 Å². The lowest BCUT2D eigenvalue weighted by atomic mass is 10.2. The van der Waals surface area contributed by atoms with Crippen LogP contribution in [0.2, 0.25) is 0 Å². The molecule has 2 amide bonds. The zero-order chi connectivity index (χ0) is 19.2. The molecule has 1 fully saturated rings. The second-order valence-electron chi connectivity index (χ2n) is 5.81. The molecule has 1 saturated heterocycles. The normalized spacial score (nSPS) is 15.6. The number of nitrogens with one attached hydrogen (secondary N) is 1. The van der Waals surface area contributed by atoms with E-state index in [0.29, 0.717) is 40.1 Å². The van der Waals surface area contributed by atoms with Crippen LogP contribution in [-0.2, 0) is 16.0 Å². The van der Waals surface area contributed by atoms with Gasteiger partial charge in [0.2, 0.25) is 11.7 Å². The fraction of sp³-hybridized carbons (Fsp3) is 0.278. The quantitative estimate of drug-likeness (QED) is 0.562. The number of carbonyl (C=O) groups is 2. The Morgan fingerprint density at radius 3 is 2.85 bits per heavy atom. The highest BCUT2D eigenvalue weighted by Gasteiger charge is 2.31. The molecule has 3 rings (SSSR count). The fourth-order valence-corrected chi connectivity index (χ4v) is 3.83. The number of thiocarbonyl (C=S) groups is 1. The lowest BCUT2D eigenvalue weighted by Gasteiger charge is -2.13. The number of benzene rings is 1. The van der Waals surface area contributed by atoms with Crippen LogP contribution < -0.4 is 5.32 Å². The summed E-state index contributed by atoms with van der Waals surface area (Å²) in [5, 5.41) is 10.1. The number of thioether (sulfide) groups is 1. The van der Waals surface area contributed by atoms with Gasteiger partial charge in [-0.3, -0.25) is 14.5 Å². The van der Waals surface area contributed by atoms with E-state index < -0.39 is 0 Å². The highest BCUT2D eigenvalue weighted by Crippen LogP contribution is 2.32. The number of hydrogen-bond acceptors (Lipinski definition) is 7. The predicted octanol–water partition coefficient (Wildman–Crippen LogP) is 3.25. The predicted molar refractivity (Wildman–Crippen MR) is 108 cm³/mol. The average molecular weight is 403 g/mol. The highest BCUT2D eigenvalue weighted by atomic mass is 32.2. The minimum absolute atomic E-state index is 0.122. The highest BCUT2D eigenvalue weighted by molar-refractivity contribution is 8.26. The number of amides is 2. The number of aryl methyl sites for hydroxylation is 1. The van der Waals surface area contributed by atoms with Crippen molar-refractivity contribution in [3.8, 4) is 0 Å². The van der Waals surface area contributed by atoms with Crippen molar-refractivity contribution in [3.05, 3.63) is 46.5 Å². The Labute approximate surface area is 166 Å². The third kappa shape index (κ3) is 4.81. The first kappa shape index (κ1) is 19.2. The SMILES string of the molecule is CCc1nonc1NC(=O)CCCN1C(=O)/C(=C/c2ccccc2)SC1=S. The van der Waals surface area contributed by atoms with E-state index in [1.54, 1.807) is 0 Å². The van der Waals surface area contributed by atoms with E-state index in [-0.39, 0.29) is 18.2 Å². The minimum Gasteiger partial charge on any atom is -0.306 e. The number of aromatic nitrogens is 2. The molecule has 27 heavy (non-hydrogen) atoms. The zero-order valence-electron chi connectivity index (χ0n) is 14.7. The smallest absolute Gasteiger partial charge is 0.266 e. The van der Waals surface area contributed by atoms with E-state index in [1.165, 1.54) is 16.7 Å². The molecule has 0 unspecified atom stereocenters. The van der Waals surface area contributed by atoms with Crippen molar-refractivity contribution in [3.63, 3.8) is 0 Å². The third-order valence-corrected chi connectivity index (χ3v) is 5.28. The lowest BCUT2D eigenvalue weighted by molar-refractivity contribution is -0.122. The first-order valence-corrected chi connectivity index (χ1v) is 9.72. The first-order chi connectivity index (χ1) is 13.1. The standard InChI is InChI=1S/C18H18N4O3S2/c1-2-13-16(21-25-20-13)19-15(23)9-6-10-22-17(24)14(27-18(22)26)11-12-7-4-3-5-8-12/h3-5,7-8,11H,2,6,9-10H2,1H3,(H,19,21,23)/b14-11-. The third-order valence-electron chi connectivity index (χ3n) is 3.91. The number of nitrogens with zero attached hydrogens (tertiary/aromatic N) is 3. The van der Waals surface area contributed by atoms with Gasteiger partial charge in [0.25, 0.3) is 5.91 Å². The molecule has 1 aliphatic rings. The van der Waals surface area contributed by atoms with Gasteiger partial charge in [-0.2, -0.15) is 0 Å². The summed E-state index contributed by atoms with van der Waals surface area (Å²) in [6.07, 6.45) is 3.17. The molecule has 0 aliphatic carbocycles. The summed E-state index contributed by atoms with van der Waals surface area (Å²) in [7, 11) is 0. The maximum absolute atomic E-state index is 12.6. The van der Waals surface area contributed by atoms with Crippen LogP contribution in [0.1, 0.15) is 31.0 Å². The van der Waals surface area contributed by atoms with E-state index in [2.05, 4.69) is 20.3 Å². The number of rotatable bonds is 7. The molecule has 0 bridgehead atoms. The summed E-state index contributed by atoms with van der Waals surface area (Å²) in [6, 6.07) is 9.62. The van der Waals surface area contributed by atoms with E-state index in [1.807, 2.05) is 43.3 Å². The van der Waals surface area contributed by atoms with Crippen LogP contribution in [0.4, 0.5) is 5.82 Å². The molecule has 140 valence electrons. The van der Waals surface area contributed by atoms with Crippen molar-refractivity contribution in [2.24, 2.45) is 0 Å². The molecule has 9 heteroatoms. The van der Waals surface area contributed by atoms with E-state index >= 15 is 0 Å². The maximum atomic E-state index is 12.6. The fourth-order valence-electron chi connectivity index (χ4n) is 2.52. The summed E-state index contributed by atoms with van der Waals surface area (Å²) in [4.78, 5) is 26.7. The summed E-state index contributed by atoms with van der Waals surface area (Å²) in [6.45, 7) is 2.29. The summed E-state index contributed by atoms with van der Waals surface area (Å²) in [5.74, 6) is 0.0211. The van der Waals surface area contributed by atoms with Crippen LogP contribution >= 0.6 is 24.0 Å². The largest absolute Gasteiger partial charge is 0.306 e. The molecular weight excluding hydrogens is 384 g/mol. The van der Waals surface area contributed by atoms with Crippen LogP contribution in [0.25, 0.3) is 6.08 Å². The lowest BCUT2D eigenvalue weighted by Crippen LogP contribution is -2.29. The molecule has 1 aromatic heterocycles. The van der Waals surface area contributed by atoms with Gasteiger partial charge in [0.05, 0.1) is 4.91 Å². The van der Waals surface area contributed by atoms with Gasteiger partial charge >= 0.3 is 0 Å². The maximum Gasteiger partial charge on any atom is 0.266 e. The zero-order valence-corrected chi connectivity index (χ0v) is 16.3. The molecule has 0 saturated carbocycles. The molecule has 2 heterocycles. The number of hydrogen-bond donors (Lipinski definition) is 1. The van der Waals surface area contributed by atoms with Crippen LogP contribution in [0.3, 0.4) is 0 Å². The minimum atomic E-state index is -0.203. The monoisotopic (exact) mass is 402 g/mol. The molecule has 1 aromatic carbocycles. The Hall–Kier alpha value is -2.52. The van der Waals surface area contributed by atoms with Gasteiger partial charge in [-0.25, -0.2) is 4.63 Å². The number of carbonyl (C=O) groups excluding carboxylic acids is 2.